The third-order valence-electron chi connectivity index (χ3n) is 4.78. The molecule has 2 rings (SSSR count). The van der Waals surface area contributed by atoms with Gasteiger partial charge in [-0.25, -0.2) is 0 Å². The summed E-state index contributed by atoms with van der Waals surface area (Å²) in [5.74, 6) is -0.819. The lowest BCUT2D eigenvalue weighted by molar-refractivity contribution is -0.184. The molecule has 0 radical (unpaired) electrons. The van der Waals surface area contributed by atoms with Crippen LogP contribution in [0.2, 0.25) is 0 Å². The number of rotatable bonds is 3. The number of halogens is 3. The molecule has 1 aromatic carbocycles. The molecule has 0 spiro atoms. The minimum atomic E-state index is -4.03. The molecule has 0 aliphatic heterocycles. The van der Waals surface area contributed by atoms with Gasteiger partial charge in [0.05, 0.1) is 5.92 Å². The van der Waals surface area contributed by atoms with Gasteiger partial charge >= 0.3 is 6.18 Å². The van der Waals surface area contributed by atoms with E-state index in [2.05, 4.69) is 37.4 Å². The lowest BCUT2D eigenvalue weighted by atomic mass is 9.76. The van der Waals surface area contributed by atoms with E-state index >= 15 is 0 Å². The summed E-state index contributed by atoms with van der Waals surface area (Å²) in [7, 11) is 1.90. The first-order valence-corrected chi connectivity index (χ1v) is 7.64. The van der Waals surface area contributed by atoms with Crippen molar-refractivity contribution >= 4 is 0 Å². The van der Waals surface area contributed by atoms with Gasteiger partial charge in [-0.2, -0.15) is 13.2 Å². The van der Waals surface area contributed by atoms with E-state index in [0.717, 1.165) is 0 Å². The van der Waals surface area contributed by atoms with Crippen molar-refractivity contribution in [2.24, 2.45) is 11.8 Å². The zero-order valence-electron chi connectivity index (χ0n) is 12.9. The van der Waals surface area contributed by atoms with Crippen LogP contribution in [0.4, 0.5) is 13.2 Å². The van der Waals surface area contributed by atoms with Gasteiger partial charge in [0.2, 0.25) is 0 Å². The van der Waals surface area contributed by atoms with Crippen molar-refractivity contribution in [1.29, 1.82) is 0 Å². The van der Waals surface area contributed by atoms with Gasteiger partial charge in [-0.05, 0) is 63.6 Å². The van der Waals surface area contributed by atoms with Crippen molar-refractivity contribution in [2.45, 2.75) is 51.7 Å². The fourth-order valence-corrected chi connectivity index (χ4v) is 3.60. The zero-order chi connectivity index (χ0) is 15.6. The van der Waals surface area contributed by atoms with Crippen LogP contribution in [0, 0.1) is 25.7 Å². The second-order valence-electron chi connectivity index (χ2n) is 6.28. The van der Waals surface area contributed by atoms with Gasteiger partial charge in [-0.3, -0.25) is 0 Å². The fourth-order valence-electron chi connectivity index (χ4n) is 3.60. The number of benzene rings is 1. The van der Waals surface area contributed by atoms with E-state index in [1.807, 2.05) is 7.05 Å². The van der Waals surface area contributed by atoms with Crippen LogP contribution in [0.5, 0.6) is 0 Å². The van der Waals surface area contributed by atoms with E-state index in [4.69, 9.17) is 0 Å². The average molecular weight is 299 g/mol. The highest BCUT2D eigenvalue weighted by Crippen LogP contribution is 2.43. The Hall–Kier alpha value is -1.03. The fraction of sp³-hybridized carbons (Fsp3) is 0.647. The van der Waals surface area contributed by atoms with Crippen LogP contribution in [0.1, 0.15) is 48.4 Å². The van der Waals surface area contributed by atoms with Crippen molar-refractivity contribution < 1.29 is 13.2 Å². The average Bonchev–Trinajstić information content (AvgIpc) is 2.41. The lowest BCUT2D eigenvalue weighted by Gasteiger charge is -2.35. The van der Waals surface area contributed by atoms with Gasteiger partial charge in [0, 0.05) is 6.04 Å². The van der Waals surface area contributed by atoms with Gasteiger partial charge in [-0.15, -0.1) is 0 Å². The minimum Gasteiger partial charge on any atom is -0.313 e. The molecule has 0 aromatic heterocycles. The summed E-state index contributed by atoms with van der Waals surface area (Å²) in [6.45, 7) is 4.13. The minimum absolute atomic E-state index is 0.153. The molecule has 1 aliphatic rings. The van der Waals surface area contributed by atoms with Gasteiger partial charge in [0.15, 0.2) is 0 Å². The summed E-state index contributed by atoms with van der Waals surface area (Å²) in [4.78, 5) is 0. The summed E-state index contributed by atoms with van der Waals surface area (Å²) in [5, 5.41) is 3.32. The maximum absolute atomic E-state index is 12.8. The molecule has 1 aromatic rings. The number of nitrogens with one attached hydrogen (secondary N) is 1. The SMILES string of the molecule is CNC(c1ccc(C)cc1C)C1CCC(C(F)(F)F)CC1. The summed E-state index contributed by atoms with van der Waals surface area (Å²) in [5.41, 5.74) is 3.65. The Morgan fingerprint density at radius 3 is 2.19 bits per heavy atom. The second kappa shape index (κ2) is 6.39. The molecular weight excluding hydrogens is 275 g/mol. The monoisotopic (exact) mass is 299 g/mol. The highest BCUT2D eigenvalue weighted by atomic mass is 19.4. The smallest absolute Gasteiger partial charge is 0.313 e. The van der Waals surface area contributed by atoms with Crippen molar-refractivity contribution in [3.63, 3.8) is 0 Å². The largest absolute Gasteiger partial charge is 0.391 e. The predicted octanol–water partition coefficient (Wildman–Crippen LogP) is 4.93. The molecule has 1 nitrogen and oxygen atoms in total. The van der Waals surface area contributed by atoms with Crippen LogP contribution in [0.15, 0.2) is 18.2 Å². The quantitative estimate of drug-likeness (QED) is 0.834. The van der Waals surface area contributed by atoms with Crippen LogP contribution in [0.25, 0.3) is 0 Å². The van der Waals surface area contributed by atoms with E-state index in [9.17, 15) is 13.2 Å². The highest BCUT2D eigenvalue weighted by molar-refractivity contribution is 5.33. The molecular formula is C17H24F3N. The molecule has 118 valence electrons. The number of alkyl halides is 3. The van der Waals surface area contributed by atoms with Crippen molar-refractivity contribution in [3.8, 4) is 0 Å². The predicted molar refractivity (Wildman–Crippen MR) is 79.2 cm³/mol. The van der Waals surface area contributed by atoms with Gasteiger partial charge in [-0.1, -0.05) is 23.8 Å². The van der Waals surface area contributed by atoms with E-state index in [-0.39, 0.29) is 24.8 Å². The standard InChI is InChI=1S/C17H24F3N/c1-11-4-9-15(12(2)10-11)16(21-3)13-5-7-14(8-6-13)17(18,19)20/h4,9-10,13-14,16,21H,5-8H2,1-3H3. The van der Waals surface area contributed by atoms with Crippen LogP contribution in [-0.2, 0) is 0 Å². The van der Waals surface area contributed by atoms with Crippen LogP contribution in [0.3, 0.4) is 0 Å². The summed E-state index contributed by atoms with van der Waals surface area (Å²) < 4.78 is 38.3. The molecule has 1 N–H and O–H groups in total. The summed E-state index contributed by atoms with van der Waals surface area (Å²) in [6, 6.07) is 6.48. The maximum atomic E-state index is 12.8. The van der Waals surface area contributed by atoms with Gasteiger partial charge in [0.1, 0.15) is 0 Å². The molecule has 4 heteroatoms. The maximum Gasteiger partial charge on any atom is 0.391 e. The molecule has 1 fully saturated rings. The zero-order valence-corrected chi connectivity index (χ0v) is 12.9. The Labute approximate surface area is 124 Å². The molecule has 21 heavy (non-hydrogen) atoms. The third kappa shape index (κ3) is 3.79. The Balaban J connectivity index is 2.09. The van der Waals surface area contributed by atoms with Crippen molar-refractivity contribution in [1.82, 2.24) is 5.32 Å². The Morgan fingerprint density at radius 1 is 1.10 bits per heavy atom. The normalized spacial score (nSPS) is 24.9. The summed E-state index contributed by atoms with van der Waals surface area (Å²) in [6.07, 6.45) is -2.22. The highest BCUT2D eigenvalue weighted by Gasteiger charge is 2.42. The molecule has 0 bridgehead atoms. The molecule has 1 saturated carbocycles. The van der Waals surface area contributed by atoms with E-state index in [0.29, 0.717) is 12.8 Å². The topological polar surface area (TPSA) is 12.0 Å². The third-order valence-corrected chi connectivity index (χ3v) is 4.78. The lowest BCUT2D eigenvalue weighted by Crippen LogP contribution is -2.33. The van der Waals surface area contributed by atoms with Gasteiger partial charge < -0.3 is 5.32 Å². The van der Waals surface area contributed by atoms with Crippen LogP contribution >= 0.6 is 0 Å². The Kier molecular flexibility index (Phi) is 4.97. The van der Waals surface area contributed by atoms with Crippen LogP contribution < -0.4 is 5.32 Å². The second-order valence-corrected chi connectivity index (χ2v) is 6.28. The van der Waals surface area contributed by atoms with Crippen molar-refractivity contribution in [3.05, 3.63) is 34.9 Å². The first kappa shape index (κ1) is 16.3. The molecule has 0 heterocycles. The molecule has 0 saturated heterocycles. The van der Waals surface area contributed by atoms with E-state index in [1.54, 1.807) is 0 Å². The Bertz CT molecular complexity index is 473. The van der Waals surface area contributed by atoms with E-state index < -0.39 is 12.1 Å². The Morgan fingerprint density at radius 2 is 1.71 bits per heavy atom. The number of aryl methyl sites for hydroxylation is 2. The number of hydrogen-bond acceptors (Lipinski definition) is 1. The van der Waals surface area contributed by atoms with E-state index in [1.165, 1.54) is 16.7 Å². The molecule has 0 amide bonds. The van der Waals surface area contributed by atoms with Crippen LogP contribution in [-0.4, -0.2) is 13.2 Å². The number of hydrogen-bond donors (Lipinski definition) is 1. The first-order chi connectivity index (χ1) is 9.82. The molecule has 1 atom stereocenters. The van der Waals surface area contributed by atoms with Crippen molar-refractivity contribution in [2.75, 3.05) is 7.05 Å². The molecule has 1 unspecified atom stereocenters. The summed E-state index contributed by atoms with van der Waals surface area (Å²) >= 11 is 0. The first-order valence-electron chi connectivity index (χ1n) is 7.64. The molecule has 1 aliphatic carbocycles. The van der Waals surface area contributed by atoms with Gasteiger partial charge in [0.25, 0.3) is 0 Å².